The average molecular weight is 205 g/mol. The SMILES string of the molecule is CC(C)NC(=O)C1CCC(F)(F)CC1. The maximum Gasteiger partial charge on any atom is 0.248 e. The Bertz CT molecular complexity index is 206. The number of hydrogen-bond donors (Lipinski definition) is 1. The molecule has 4 heteroatoms. The van der Waals surface area contributed by atoms with Crippen molar-refractivity contribution in [3.8, 4) is 0 Å². The Morgan fingerprint density at radius 3 is 2.29 bits per heavy atom. The van der Waals surface area contributed by atoms with Crippen LogP contribution in [0.1, 0.15) is 39.5 Å². The van der Waals surface area contributed by atoms with Gasteiger partial charge in [-0.25, -0.2) is 8.78 Å². The highest BCUT2D eigenvalue weighted by Gasteiger charge is 2.37. The van der Waals surface area contributed by atoms with E-state index in [9.17, 15) is 13.6 Å². The van der Waals surface area contributed by atoms with Crippen LogP contribution in [0.4, 0.5) is 8.78 Å². The molecule has 1 aliphatic carbocycles. The third-order valence-electron chi connectivity index (χ3n) is 2.52. The molecule has 0 unspecified atom stereocenters. The standard InChI is InChI=1S/C10H17F2NO/c1-7(2)13-9(14)8-3-5-10(11,12)6-4-8/h7-8H,3-6H2,1-2H3,(H,13,14). The number of nitrogens with one attached hydrogen (secondary N) is 1. The lowest BCUT2D eigenvalue weighted by atomic mass is 9.86. The Kier molecular flexibility index (Phi) is 3.45. The van der Waals surface area contributed by atoms with Gasteiger partial charge in [0.2, 0.25) is 11.8 Å². The number of hydrogen-bond acceptors (Lipinski definition) is 1. The molecule has 0 aromatic heterocycles. The monoisotopic (exact) mass is 205 g/mol. The molecule has 0 aromatic rings. The van der Waals surface area contributed by atoms with Crippen LogP contribution in [-0.4, -0.2) is 17.9 Å². The number of carbonyl (C=O) groups is 1. The molecule has 0 radical (unpaired) electrons. The number of carbonyl (C=O) groups excluding carboxylic acids is 1. The molecular formula is C10H17F2NO. The van der Waals surface area contributed by atoms with Gasteiger partial charge in [0, 0.05) is 24.8 Å². The first-order chi connectivity index (χ1) is 6.41. The zero-order valence-electron chi connectivity index (χ0n) is 8.65. The summed E-state index contributed by atoms with van der Waals surface area (Å²) in [6.07, 6.45) is 0.323. The third-order valence-corrected chi connectivity index (χ3v) is 2.52. The second kappa shape index (κ2) is 4.24. The summed E-state index contributed by atoms with van der Waals surface area (Å²) in [7, 11) is 0. The van der Waals surface area contributed by atoms with Crippen molar-refractivity contribution in [2.45, 2.75) is 51.5 Å². The van der Waals surface area contributed by atoms with Crippen molar-refractivity contribution in [3.05, 3.63) is 0 Å². The Labute approximate surface area is 83.1 Å². The van der Waals surface area contributed by atoms with Crippen LogP contribution in [-0.2, 0) is 4.79 Å². The molecule has 1 amide bonds. The van der Waals surface area contributed by atoms with Crippen molar-refractivity contribution in [3.63, 3.8) is 0 Å². The predicted octanol–water partition coefficient (Wildman–Crippen LogP) is 2.34. The lowest BCUT2D eigenvalue weighted by molar-refractivity contribution is -0.129. The first-order valence-electron chi connectivity index (χ1n) is 5.09. The molecular weight excluding hydrogens is 188 g/mol. The van der Waals surface area contributed by atoms with Gasteiger partial charge in [-0.15, -0.1) is 0 Å². The second-order valence-corrected chi connectivity index (χ2v) is 4.29. The summed E-state index contributed by atoms with van der Waals surface area (Å²) < 4.78 is 25.5. The van der Waals surface area contributed by atoms with Gasteiger partial charge in [-0.3, -0.25) is 4.79 Å². The van der Waals surface area contributed by atoms with Gasteiger partial charge in [-0.2, -0.15) is 0 Å². The molecule has 1 rings (SSSR count). The summed E-state index contributed by atoms with van der Waals surface area (Å²) in [6, 6.07) is 0.0879. The molecule has 82 valence electrons. The van der Waals surface area contributed by atoms with E-state index in [-0.39, 0.29) is 30.7 Å². The van der Waals surface area contributed by atoms with Crippen molar-refractivity contribution in [1.29, 1.82) is 0 Å². The maximum absolute atomic E-state index is 12.8. The van der Waals surface area contributed by atoms with Crippen LogP contribution in [0.5, 0.6) is 0 Å². The lowest BCUT2D eigenvalue weighted by Gasteiger charge is -2.27. The molecule has 0 atom stereocenters. The van der Waals surface area contributed by atoms with E-state index in [0.717, 1.165) is 0 Å². The molecule has 0 saturated heterocycles. The Balaban J connectivity index is 2.38. The summed E-state index contributed by atoms with van der Waals surface area (Å²) in [5, 5.41) is 2.76. The number of alkyl halides is 2. The summed E-state index contributed by atoms with van der Waals surface area (Å²) in [5.74, 6) is -2.83. The smallest absolute Gasteiger partial charge is 0.248 e. The normalized spacial score (nSPS) is 22.4. The van der Waals surface area contributed by atoms with Crippen molar-refractivity contribution >= 4 is 5.91 Å². The van der Waals surface area contributed by atoms with Gasteiger partial charge < -0.3 is 5.32 Å². The van der Waals surface area contributed by atoms with E-state index < -0.39 is 5.92 Å². The van der Waals surface area contributed by atoms with Crippen LogP contribution < -0.4 is 5.32 Å². The molecule has 1 N–H and O–H groups in total. The molecule has 0 aliphatic heterocycles. The van der Waals surface area contributed by atoms with Gasteiger partial charge in [0.15, 0.2) is 0 Å². The first kappa shape index (κ1) is 11.4. The fourth-order valence-electron chi connectivity index (χ4n) is 1.70. The summed E-state index contributed by atoms with van der Waals surface area (Å²) in [5.41, 5.74) is 0. The molecule has 0 heterocycles. The van der Waals surface area contributed by atoms with Gasteiger partial charge in [0.05, 0.1) is 0 Å². The van der Waals surface area contributed by atoms with Gasteiger partial charge in [-0.1, -0.05) is 0 Å². The predicted molar refractivity (Wildman–Crippen MR) is 50.2 cm³/mol. The number of amides is 1. The van der Waals surface area contributed by atoms with Crippen molar-refractivity contribution in [2.24, 2.45) is 5.92 Å². The van der Waals surface area contributed by atoms with Gasteiger partial charge >= 0.3 is 0 Å². The van der Waals surface area contributed by atoms with E-state index in [1.54, 1.807) is 0 Å². The zero-order valence-corrected chi connectivity index (χ0v) is 8.65. The molecule has 1 fully saturated rings. The molecule has 0 aromatic carbocycles. The van der Waals surface area contributed by atoms with E-state index in [1.807, 2.05) is 13.8 Å². The van der Waals surface area contributed by atoms with Crippen LogP contribution in [0.3, 0.4) is 0 Å². The summed E-state index contributed by atoms with van der Waals surface area (Å²) >= 11 is 0. The quantitative estimate of drug-likeness (QED) is 0.736. The largest absolute Gasteiger partial charge is 0.354 e. The van der Waals surface area contributed by atoms with Crippen molar-refractivity contribution in [2.75, 3.05) is 0 Å². The van der Waals surface area contributed by atoms with E-state index in [1.165, 1.54) is 0 Å². The van der Waals surface area contributed by atoms with E-state index >= 15 is 0 Å². The van der Waals surface area contributed by atoms with Crippen molar-refractivity contribution < 1.29 is 13.6 Å². The van der Waals surface area contributed by atoms with Crippen LogP contribution >= 0.6 is 0 Å². The minimum atomic E-state index is -2.55. The van der Waals surface area contributed by atoms with Crippen LogP contribution in [0.2, 0.25) is 0 Å². The van der Waals surface area contributed by atoms with Crippen LogP contribution in [0.25, 0.3) is 0 Å². The van der Waals surface area contributed by atoms with Crippen LogP contribution in [0, 0.1) is 5.92 Å². The molecule has 0 spiro atoms. The Morgan fingerprint density at radius 2 is 1.86 bits per heavy atom. The number of halogens is 2. The molecule has 0 bridgehead atoms. The van der Waals surface area contributed by atoms with Crippen molar-refractivity contribution in [1.82, 2.24) is 5.32 Å². The Morgan fingerprint density at radius 1 is 1.36 bits per heavy atom. The van der Waals surface area contributed by atoms with Crippen LogP contribution in [0.15, 0.2) is 0 Å². The molecule has 2 nitrogen and oxygen atoms in total. The highest BCUT2D eigenvalue weighted by atomic mass is 19.3. The van der Waals surface area contributed by atoms with Gasteiger partial charge in [-0.05, 0) is 26.7 Å². The summed E-state index contributed by atoms with van der Waals surface area (Å²) in [6.45, 7) is 3.74. The fourth-order valence-corrected chi connectivity index (χ4v) is 1.70. The highest BCUT2D eigenvalue weighted by Crippen LogP contribution is 2.36. The molecule has 1 saturated carbocycles. The van der Waals surface area contributed by atoms with E-state index in [2.05, 4.69) is 5.32 Å². The first-order valence-corrected chi connectivity index (χ1v) is 5.09. The molecule has 1 aliphatic rings. The zero-order chi connectivity index (χ0) is 10.8. The Hall–Kier alpha value is -0.670. The lowest BCUT2D eigenvalue weighted by Crippen LogP contribution is -2.38. The minimum absolute atomic E-state index is 0.0736. The second-order valence-electron chi connectivity index (χ2n) is 4.29. The van der Waals surface area contributed by atoms with Gasteiger partial charge in [0.25, 0.3) is 0 Å². The summed E-state index contributed by atoms with van der Waals surface area (Å²) in [4.78, 5) is 11.5. The maximum atomic E-state index is 12.8. The van der Waals surface area contributed by atoms with E-state index in [0.29, 0.717) is 12.8 Å². The third kappa shape index (κ3) is 3.24. The minimum Gasteiger partial charge on any atom is -0.354 e. The molecule has 14 heavy (non-hydrogen) atoms. The van der Waals surface area contributed by atoms with Gasteiger partial charge in [0.1, 0.15) is 0 Å². The average Bonchev–Trinajstić information content (AvgIpc) is 2.02. The topological polar surface area (TPSA) is 29.1 Å². The fraction of sp³-hybridized carbons (Fsp3) is 0.900. The highest BCUT2D eigenvalue weighted by molar-refractivity contribution is 5.78. The van der Waals surface area contributed by atoms with E-state index in [4.69, 9.17) is 0 Å². The number of rotatable bonds is 2.